The van der Waals surface area contributed by atoms with Crippen molar-refractivity contribution in [2.45, 2.75) is 43.9 Å². The predicted octanol–water partition coefficient (Wildman–Crippen LogP) is 4.26. The van der Waals surface area contributed by atoms with E-state index >= 15 is 0 Å². The molecule has 1 spiro atoms. The monoisotopic (exact) mass is 390 g/mol. The molecule has 1 aromatic heterocycles. The van der Waals surface area contributed by atoms with Gasteiger partial charge in [-0.15, -0.1) is 11.3 Å². The molecular weight excluding hydrogens is 368 g/mol. The molecule has 7 heteroatoms. The average molecular weight is 391 g/mol. The first-order valence-corrected chi connectivity index (χ1v) is 10.6. The minimum absolute atomic E-state index is 0.0611. The third-order valence-corrected chi connectivity index (χ3v) is 6.45. The zero-order valence-corrected chi connectivity index (χ0v) is 16.6. The van der Waals surface area contributed by atoms with Crippen molar-refractivity contribution in [3.05, 3.63) is 40.1 Å². The third kappa shape index (κ3) is 2.93. The van der Waals surface area contributed by atoms with Crippen LogP contribution in [0.3, 0.4) is 0 Å². The molecule has 0 amide bonds. The van der Waals surface area contributed by atoms with Crippen LogP contribution in [0.1, 0.15) is 43.0 Å². The van der Waals surface area contributed by atoms with Crippen LogP contribution in [0.25, 0.3) is 0 Å². The second-order valence-corrected chi connectivity index (χ2v) is 9.25. The summed E-state index contributed by atoms with van der Waals surface area (Å²) >= 11 is 3.24. The van der Waals surface area contributed by atoms with Gasteiger partial charge in [-0.25, -0.2) is 4.99 Å². The van der Waals surface area contributed by atoms with Gasteiger partial charge in [-0.3, -0.25) is 0 Å². The highest BCUT2D eigenvalue weighted by Gasteiger charge is 2.49. The summed E-state index contributed by atoms with van der Waals surface area (Å²) in [6.45, 7) is 4.25. The maximum absolute atomic E-state index is 10.5. The number of fused-ring (bicyclic) bond motifs is 1. The number of phenols is 2. The summed E-state index contributed by atoms with van der Waals surface area (Å²) in [5, 5.41) is 26.8. The van der Waals surface area contributed by atoms with E-state index in [1.54, 1.807) is 23.1 Å². The van der Waals surface area contributed by atoms with Gasteiger partial charge in [-0.2, -0.15) is 0 Å². The van der Waals surface area contributed by atoms with Crippen molar-refractivity contribution in [3.8, 4) is 17.2 Å². The van der Waals surface area contributed by atoms with E-state index in [4.69, 9.17) is 9.73 Å². The van der Waals surface area contributed by atoms with Gasteiger partial charge in [0.2, 0.25) is 11.5 Å². The number of aromatic hydroxyl groups is 2. The lowest BCUT2D eigenvalue weighted by atomic mass is 9.80. The topological polar surface area (TPSA) is 74.1 Å². The lowest BCUT2D eigenvalue weighted by Gasteiger charge is -2.47. The van der Waals surface area contributed by atoms with Crippen LogP contribution in [0.5, 0.6) is 17.2 Å². The Morgan fingerprint density at radius 3 is 2.81 bits per heavy atom. The van der Waals surface area contributed by atoms with Crippen LogP contribution in [-0.2, 0) is 0 Å². The Kier molecular flexibility index (Phi) is 4.11. The van der Waals surface area contributed by atoms with E-state index in [2.05, 4.69) is 30.6 Å². The maximum Gasteiger partial charge on any atom is 0.206 e. The Morgan fingerprint density at radius 2 is 2.12 bits per heavy atom. The number of aliphatic imine (C=N–C) groups is 1. The highest BCUT2D eigenvalue weighted by Crippen LogP contribution is 2.54. The van der Waals surface area contributed by atoms with E-state index in [9.17, 15) is 10.2 Å². The van der Waals surface area contributed by atoms with Gasteiger partial charge in [0.1, 0.15) is 0 Å². The predicted molar refractivity (Wildman–Crippen MR) is 107 cm³/mol. The number of nitrogens with one attached hydrogen (secondary N) is 1. The van der Waals surface area contributed by atoms with Crippen LogP contribution < -0.4 is 10.1 Å². The van der Waals surface area contributed by atoms with Crippen molar-refractivity contribution in [1.29, 1.82) is 0 Å². The molecule has 0 saturated carbocycles. The van der Waals surface area contributed by atoms with Gasteiger partial charge < -0.3 is 20.3 Å². The molecule has 26 heavy (non-hydrogen) atoms. The Labute approximate surface area is 161 Å². The van der Waals surface area contributed by atoms with Crippen LogP contribution in [0.15, 0.2) is 34.6 Å². The Balaban J connectivity index is 1.88. The van der Waals surface area contributed by atoms with Crippen LogP contribution in [-0.4, -0.2) is 32.9 Å². The number of ether oxygens (including phenoxy) is 1. The van der Waals surface area contributed by atoms with Crippen molar-refractivity contribution in [2.24, 2.45) is 4.99 Å². The Morgan fingerprint density at radius 1 is 1.31 bits per heavy atom. The number of amidine groups is 1. The van der Waals surface area contributed by atoms with Gasteiger partial charge in [0.05, 0.1) is 0 Å². The summed E-state index contributed by atoms with van der Waals surface area (Å²) < 4.78 is 6.32. The fraction of sp³-hybridized carbons (Fsp3) is 0.421. The van der Waals surface area contributed by atoms with Gasteiger partial charge in [-0.05, 0) is 37.6 Å². The van der Waals surface area contributed by atoms with Crippen LogP contribution in [0.2, 0.25) is 0 Å². The van der Waals surface area contributed by atoms with Crippen molar-refractivity contribution in [3.63, 3.8) is 0 Å². The minimum Gasteiger partial charge on any atom is -0.504 e. The highest BCUT2D eigenvalue weighted by atomic mass is 32.2. The summed E-state index contributed by atoms with van der Waals surface area (Å²) in [7, 11) is 0. The largest absolute Gasteiger partial charge is 0.504 e. The van der Waals surface area contributed by atoms with Gasteiger partial charge in [0.15, 0.2) is 16.7 Å². The van der Waals surface area contributed by atoms with E-state index < -0.39 is 5.72 Å². The molecule has 0 bridgehead atoms. The van der Waals surface area contributed by atoms with Gasteiger partial charge in [0, 0.05) is 34.7 Å². The van der Waals surface area contributed by atoms with Crippen LogP contribution in [0.4, 0.5) is 0 Å². The maximum atomic E-state index is 10.5. The molecule has 0 aliphatic carbocycles. The number of rotatable bonds is 1. The Bertz CT molecular complexity index is 864. The number of benzene rings is 1. The smallest absolute Gasteiger partial charge is 0.206 e. The first-order chi connectivity index (χ1) is 12.3. The van der Waals surface area contributed by atoms with E-state index in [-0.39, 0.29) is 23.0 Å². The molecule has 4 rings (SSSR count). The molecule has 3 heterocycles. The first-order valence-electron chi connectivity index (χ1n) is 8.52. The van der Waals surface area contributed by atoms with Gasteiger partial charge in [-0.1, -0.05) is 23.9 Å². The number of nitrogens with zero attached hydrogens (tertiary/aromatic N) is 1. The number of hydrogen-bond acceptors (Lipinski definition) is 7. The fourth-order valence-electron chi connectivity index (χ4n) is 3.91. The highest BCUT2D eigenvalue weighted by molar-refractivity contribution is 8.13. The summed E-state index contributed by atoms with van der Waals surface area (Å²) in [5.41, 5.74) is -0.0741. The molecule has 138 valence electrons. The van der Waals surface area contributed by atoms with E-state index in [1.165, 1.54) is 10.9 Å². The fourth-order valence-corrected chi connectivity index (χ4v) is 5.39. The molecule has 5 nitrogen and oxygen atoms in total. The Hall–Kier alpha value is -1.86. The molecule has 0 radical (unpaired) electrons. The average Bonchev–Trinajstić information content (AvgIpc) is 3.11. The molecular formula is C19H22N2O3S2. The molecule has 2 aliphatic rings. The van der Waals surface area contributed by atoms with E-state index in [0.29, 0.717) is 18.6 Å². The summed E-state index contributed by atoms with van der Waals surface area (Å²) in [6.07, 6.45) is 3.35. The molecule has 1 aromatic carbocycles. The molecule has 2 atom stereocenters. The molecule has 0 fully saturated rings. The summed E-state index contributed by atoms with van der Waals surface area (Å²) in [5.74, 6) is 0.0240. The van der Waals surface area contributed by atoms with Crippen molar-refractivity contribution in [1.82, 2.24) is 5.32 Å². The second kappa shape index (κ2) is 6.09. The van der Waals surface area contributed by atoms with Crippen molar-refractivity contribution < 1.29 is 14.9 Å². The van der Waals surface area contributed by atoms with Crippen LogP contribution >= 0.6 is 23.1 Å². The number of thioether (sulfide) groups is 1. The molecule has 0 saturated heterocycles. The SMILES string of the molecule is CSC1=N[C@]2(C[C@@H](c3cccs3)c3ccc(O)c(O)c3O2)CC(C)(C)N1. The van der Waals surface area contributed by atoms with E-state index in [1.807, 2.05) is 18.4 Å². The van der Waals surface area contributed by atoms with Crippen molar-refractivity contribution >= 4 is 28.3 Å². The zero-order valence-electron chi connectivity index (χ0n) is 14.9. The van der Waals surface area contributed by atoms with Gasteiger partial charge in [0.25, 0.3) is 0 Å². The third-order valence-electron chi connectivity index (χ3n) is 4.88. The minimum atomic E-state index is -0.778. The first kappa shape index (κ1) is 17.5. The van der Waals surface area contributed by atoms with Crippen molar-refractivity contribution in [2.75, 3.05) is 6.26 Å². The molecule has 2 aliphatic heterocycles. The van der Waals surface area contributed by atoms with Crippen LogP contribution in [0, 0.1) is 0 Å². The van der Waals surface area contributed by atoms with E-state index in [0.717, 1.165) is 10.7 Å². The summed E-state index contributed by atoms with van der Waals surface area (Å²) in [6, 6.07) is 7.50. The standard InChI is InChI=1S/C19H22N2O3S2/c1-18(2)10-19(21-17(20-18)25-3)9-12(14-5-4-8-26-14)11-6-7-13(22)15(23)16(11)24-19/h4-8,12,22-23H,9-10H2,1-3H3,(H,20,21)/t12-,19+/m1/s1. The lowest BCUT2D eigenvalue weighted by Crippen LogP contribution is -2.56. The normalized spacial score (nSPS) is 26.6. The number of hydrogen-bond donors (Lipinski definition) is 3. The summed E-state index contributed by atoms with van der Waals surface area (Å²) in [4.78, 5) is 6.08. The number of phenolic OH excluding ortho intramolecular Hbond substituents is 2. The number of thiophene rings is 1. The molecule has 2 aromatic rings. The second-order valence-electron chi connectivity index (χ2n) is 7.48. The molecule has 3 N–H and O–H groups in total. The lowest BCUT2D eigenvalue weighted by molar-refractivity contribution is 0.0111. The van der Waals surface area contributed by atoms with Gasteiger partial charge >= 0.3 is 0 Å². The molecule has 0 unspecified atom stereocenters. The zero-order chi connectivity index (χ0) is 18.5. The quantitative estimate of drug-likeness (QED) is 0.635.